The quantitative estimate of drug-likeness (QED) is 0.119. The van der Waals surface area contributed by atoms with Gasteiger partial charge in [-0.25, -0.2) is 19.6 Å². The van der Waals surface area contributed by atoms with Crippen LogP contribution in [0.15, 0.2) is 60.8 Å². The summed E-state index contributed by atoms with van der Waals surface area (Å²) < 4.78 is 9.54. The molecule has 4 N–H and O–H groups in total. The molecule has 7 rings (SSSR count). The number of amides is 4. The van der Waals surface area contributed by atoms with Crippen molar-refractivity contribution in [1.82, 2.24) is 40.4 Å². The first-order valence-electron chi connectivity index (χ1n) is 19.3. The van der Waals surface area contributed by atoms with Crippen LogP contribution >= 0.6 is 0 Å². The van der Waals surface area contributed by atoms with E-state index in [4.69, 9.17) is 14.5 Å². The summed E-state index contributed by atoms with van der Waals surface area (Å²) in [4.78, 5) is 71.5. The van der Waals surface area contributed by atoms with Crippen molar-refractivity contribution in [2.24, 2.45) is 11.8 Å². The second-order valence-electron chi connectivity index (χ2n) is 15.4. The van der Waals surface area contributed by atoms with Crippen molar-refractivity contribution in [1.29, 1.82) is 0 Å². The van der Waals surface area contributed by atoms with Crippen molar-refractivity contribution in [3.8, 4) is 22.4 Å². The molecule has 4 heterocycles. The number of hydrogen-bond donors (Lipinski definition) is 4. The molecule has 2 aliphatic rings. The van der Waals surface area contributed by atoms with Crippen molar-refractivity contribution < 1.29 is 28.7 Å². The maximum absolute atomic E-state index is 13.7. The number of hydrogen-bond acceptors (Lipinski definition) is 8. The normalized spacial score (nSPS) is 18.1. The number of rotatable bonds is 10. The summed E-state index contributed by atoms with van der Waals surface area (Å²) in [5.41, 5.74) is 5.71. The summed E-state index contributed by atoms with van der Waals surface area (Å²) in [5.74, 6) is 0.965. The van der Waals surface area contributed by atoms with E-state index in [2.05, 4.69) is 74.1 Å². The Labute approximate surface area is 325 Å². The molecule has 56 heavy (non-hydrogen) atoms. The van der Waals surface area contributed by atoms with Gasteiger partial charge in [0.2, 0.25) is 11.8 Å². The lowest BCUT2D eigenvalue weighted by Crippen LogP contribution is -2.51. The highest BCUT2D eigenvalue weighted by Crippen LogP contribution is 2.36. The molecule has 4 atom stereocenters. The lowest BCUT2D eigenvalue weighted by molar-refractivity contribution is -0.136. The highest BCUT2D eigenvalue weighted by molar-refractivity contribution is 6.05. The van der Waals surface area contributed by atoms with Crippen LogP contribution in [0, 0.1) is 11.8 Å². The predicted molar refractivity (Wildman–Crippen MR) is 212 cm³/mol. The minimum absolute atomic E-state index is 0.107. The molecule has 2 fully saturated rings. The Balaban J connectivity index is 1.07. The van der Waals surface area contributed by atoms with E-state index in [1.165, 1.54) is 14.2 Å². The number of H-pyrrole nitrogens is 2. The third-order valence-electron chi connectivity index (χ3n) is 11.1. The third-order valence-corrected chi connectivity index (χ3v) is 11.1. The van der Waals surface area contributed by atoms with E-state index >= 15 is 0 Å². The van der Waals surface area contributed by atoms with Crippen molar-refractivity contribution in [2.45, 2.75) is 77.5 Å². The fraction of sp³-hybridized carbons (Fsp3) is 0.429. The molecule has 0 bridgehead atoms. The van der Waals surface area contributed by atoms with Gasteiger partial charge in [0, 0.05) is 18.5 Å². The molecule has 0 spiro atoms. The smallest absolute Gasteiger partial charge is 0.407 e. The second-order valence-corrected chi connectivity index (χ2v) is 15.4. The number of likely N-dealkylation sites (tertiary alicyclic amines) is 2. The van der Waals surface area contributed by atoms with Crippen LogP contribution in [0.25, 0.3) is 44.2 Å². The molecule has 5 aromatic rings. The summed E-state index contributed by atoms with van der Waals surface area (Å²) in [5, 5.41) is 7.47. The predicted octanol–water partition coefficient (Wildman–Crippen LogP) is 6.86. The number of imidazole rings is 2. The lowest BCUT2D eigenvalue weighted by Gasteiger charge is -2.30. The van der Waals surface area contributed by atoms with E-state index in [-0.39, 0.29) is 35.7 Å². The van der Waals surface area contributed by atoms with Gasteiger partial charge in [-0.3, -0.25) is 9.59 Å². The molecule has 4 amide bonds. The van der Waals surface area contributed by atoms with Crippen LogP contribution in [0.1, 0.15) is 77.1 Å². The van der Waals surface area contributed by atoms with Crippen LogP contribution in [-0.2, 0) is 19.1 Å². The highest BCUT2D eigenvalue weighted by atomic mass is 16.5. The largest absolute Gasteiger partial charge is 0.453 e. The van der Waals surface area contributed by atoms with Gasteiger partial charge in [-0.1, -0.05) is 70.2 Å². The fourth-order valence-electron chi connectivity index (χ4n) is 8.04. The van der Waals surface area contributed by atoms with Gasteiger partial charge >= 0.3 is 12.2 Å². The fourth-order valence-corrected chi connectivity index (χ4v) is 8.04. The van der Waals surface area contributed by atoms with Gasteiger partial charge < -0.3 is 39.9 Å². The highest BCUT2D eigenvalue weighted by Gasteiger charge is 2.39. The molecular formula is C42H50N8O6. The van der Waals surface area contributed by atoms with Crippen LogP contribution in [0.5, 0.6) is 0 Å². The molecule has 2 saturated heterocycles. The van der Waals surface area contributed by atoms with E-state index in [9.17, 15) is 19.2 Å². The minimum Gasteiger partial charge on any atom is -0.453 e. The summed E-state index contributed by atoms with van der Waals surface area (Å²) in [7, 11) is 2.58. The zero-order valence-corrected chi connectivity index (χ0v) is 32.7. The van der Waals surface area contributed by atoms with E-state index < -0.39 is 24.3 Å². The topological polar surface area (TPSA) is 175 Å². The van der Waals surface area contributed by atoms with Crippen molar-refractivity contribution >= 4 is 45.8 Å². The molecule has 1 unspecified atom stereocenters. The first kappa shape index (κ1) is 38.4. The number of benzene rings is 3. The van der Waals surface area contributed by atoms with Gasteiger partial charge in [0.15, 0.2) is 0 Å². The molecular weight excluding hydrogens is 713 g/mol. The second kappa shape index (κ2) is 16.0. The van der Waals surface area contributed by atoms with Gasteiger partial charge in [-0.05, 0) is 71.7 Å². The summed E-state index contributed by atoms with van der Waals surface area (Å²) in [6, 6.07) is 17.0. The number of ether oxygens (including phenoxy) is 2. The maximum Gasteiger partial charge on any atom is 0.407 e. The lowest BCUT2D eigenvalue weighted by atomic mass is 9.99. The first-order valence-corrected chi connectivity index (χ1v) is 19.3. The Bertz CT molecular complexity index is 2240. The van der Waals surface area contributed by atoms with E-state index in [0.29, 0.717) is 13.1 Å². The molecule has 2 aliphatic heterocycles. The zero-order valence-electron chi connectivity index (χ0n) is 32.7. The minimum atomic E-state index is -0.695. The Kier molecular flexibility index (Phi) is 11.0. The summed E-state index contributed by atoms with van der Waals surface area (Å²) in [6.07, 6.45) is 3.81. The molecule has 0 radical (unpaired) electrons. The van der Waals surface area contributed by atoms with Gasteiger partial charge in [-0.2, -0.15) is 0 Å². The van der Waals surface area contributed by atoms with Gasteiger partial charge in [0.1, 0.15) is 23.7 Å². The molecule has 3 aromatic carbocycles. The molecule has 0 saturated carbocycles. The third kappa shape index (κ3) is 7.52. The zero-order chi connectivity index (χ0) is 39.7. The molecule has 0 aliphatic carbocycles. The molecule has 294 valence electrons. The average molecular weight is 763 g/mol. The standard InChI is InChI=1S/C42H50N8O6/c1-23(2)34(47-41(53)55-5)39(51)49-19-7-9-32(49)37-43-22-31(45-37)26-13-11-25(12-14-26)27-15-17-29-28(21-27)16-18-30-36(29)46-38(44-30)33-10-8-20-50(33)40(52)35(24(3)4)48-42(54)56-6/h11-18,21-24,32-35H,7-10,19-20H2,1-6H3,(H,43,45)(H,44,46)(H,47,53)(H,48,54)/t32-,33-,34?,35-/m0/s1. The van der Waals surface area contributed by atoms with Crippen LogP contribution in [0.2, 0.25) is 0 Å². The van der Waals surface area contributed by atoms with E-state index in [0.717, 1.165) is 81.5 Å². The number of aromatic amines is 2. The van der Waals surface area contributed by atoms with Gasteiger partial charge in [0.25, 0.3) is 0 Å². The Morgan fingerprint density at radius 1 is 0.714 bits per heavy atom. The first-order chi connectivity index (χ1) is 27.0. The molecule has 14 nitrogen and oxygen atoms in total. The number of fused-ring (bicyclic) bond motifs is 3. The number of nitrogens with zero attached hydrogens (tertiary/aromatic N) is 4. The van der Waals surface area contributed by atoms with Crippen LogP contribution in [0.3, 0.4) is 0 Å². The number of methoxy groups -OCH3 is 2. The van der Waals surface area contributed by atoms with Gasteiger partial charge in [-0.15, -0.1) is 0 Å². The Morgan fingerprint density at radius 3 is 1.84 bits per heavy atom. The van der Waals surface area contributed by atoms with Gasteiger partial charge in [0.05, 0.1) is 49.2 Å². The van der Waals surface area contributed by atoms with E-state index in [1.807, 2.05) is 43.6 Å². The van der Waals surface area contributed by atoms with Crippen molar-refractivity contribution in [2.75, 3.05) is 27.3 Å². The Hall–Kier alpha value is -5.92. The number of nitrogens with one attached hydrogen (secondary N) is 4. The Morgan fingerprint density at radius 2 is 1.27 bits per heavy atom. The average Bonchev–Trinajstić information content (AvgIpc) is 4.04. The number of carbonyl (C=O) groups is 4. The van der Waals surface area contributed by atoms with E-state index in [1.54, 1.807) is 6.20 Å². The molecule has 14 heteroatoms. The SMILES string of the molecule is COC(=O)NC(C(=O)N1CCC[C@H]1c1ncc(-c2ccc(-c3ccc4c(ccc5[nH]c([C@@H]6CCCN6C(=O)[C@@H](NC(=O)OC)C(C)C)nc54)c3)cc2)[nH]1)C(C)C. The summed E-state index contributed by atoms with van der Waals surface area (Å²) >= 11 is 0. The van der Waals surface area contributed by atoms with Crippen molar-refractivity contribution in [3.05, 3.63) is 72.4 Å². The van der Waals surface area contributed by atoms with Crippen LogP contribution < -0.4 is 10.6 Å². The molecule has 2 aromatic heterocycles. The number of alkyl carbamates (subject to hydrolysis) is 2. The maximum atomic E-state index is 13.7. The van der Waals surface area contributed by atoms with Crippen molar-refractivity contribution in [3.63, 3.8) is 0 Å². The summed E-state index contributed by atoms with van der Waals surface area (Å²) in [6.45, 7) is 8.80. The number of aromatic nitrogens is 4. The van der Waals surface area contributed by atoms with Crippen LogP contribution in [-0.4, -0.2) is 93.1 Å². The van der Waals surface area contributed by atoms with Crippen LogP contribution in [0.4, 0.5) is 9.59 Å². The monoisotopic (exact) mass is 762 g/mol. The number of carbonyl (C=O) groups excluding carboxylic acids is 4.